The van der Waals surface area contributed by atoms with E-state index in [0.29, 0.717) is 26.2 Å². The number of aromatic nitrogens is 2. The van der Waals surface area contributed by atoms with E-state index in [1.54, 1.807) is 19.1 Å². The van der Waals surface area contributed by atoms with Crippen LogP contribution in [0.3, 0.4) is 0 Å². The Bertz CT molecular complexity index is 783. The molecule has 0 atom stereocenters. The lowest BCUT2D eigenvalue weighted by Gasteiger charge is -2.34. The van der Waals surface area contributed by atoms with Gasteiger partial charge >= 0.3 is 0 Å². The molecule has 0 radical (unpaired) electrons. The standard InChI is InChI=1S/C19H23N5O2/c1-3-15-6-4-5-7-16(15)20-19(26)17-8-9-18(22-21-17)24-12-10-23(11-13-24)14(2)25/h4-9H,3,10-13H2,1-2H3,(H,20,26). The molecular weight excluding hydrogens is 330 g/mol. The van der Waals surface area contributed by atoms with E-state index < -0.39 is 0 Å². The lowest BCUT2D eigenvalue weighted by Crippen LogP contribution is -2.48. The minimum Gasteiger partial charge on any atom is -0.352 e. The number of amides is 2. The molecule has 7 nitrogen and oxygen atoms in total. The van der Waals surface area contributed by atoms with Gasteiger partial charge in [-0.15, -0.1) is 10.2 Å². The van der Waals surface area contributed by atoms with Crippen LogP contribution in [0.15, 0.2) is 36.4 Å². The number of nitrogens with one attached hydrogen (secondary N) is 1. The Morgan fingerprint density at radius 2 is 1.77 bits per heavy atom. The minimum absolute atomic E-state index is 0.0927. The fourth-order valence-electron chi connectivity index (χ4n) is 3.00. The predicted molar refractivity (Wildman–Crippen MR) is 100 cm³/mol. The summed E-state index contributed by atoms with van der Waals surface area (Å²) in [5.41, 5.74) is 2.15. The van der Waals surface area contributed by atoms with Crippen LogP contribution in [0.4, 0.5) is 11.5 Å². The van der Waals surface area contributed by atoms with Crippen LogP contribution in [-0.2, 0) is 11.2 Å². The highest BCUT2D eigenvalue weighted by molar-refractivity contribution is 6.03. The highest BCUT2D eigenvalue weighted by Crippen LogP contribution is 2.17. The number of hydrogen-bond donors (Lipinski definition) is 1. The summed E-state index contributed by atoms with van der Waals surface area (Å²) in [5.74, 6) is 0.542. The van der Waals surface area contributed by atoms with E-state index in [0.717, 1.165) is 23.5 Å². The van der Waals surface area contributed by atoms with Gasteiger partial charge in [-0.05, 0) is 30.2 Å². The monoisotopic (exact) mass is 353 g/mol. The molecule has 7 heteroatoms. The van der Waals surface area contributed by atoms with Gasteiger partial charge in [0.2, 0.25) is 5.91 Å². The molecule has 1 aliphatic rings. The van der Waals surface area contributed by atoms with Crippen molar-refractivity contribution in [3.8, 4) is 0 Å². The fraction of sp³-hybridized carbons (Fsp3) is 0.368. The molecule has 0 saturated carbocycles. The highest BCUT2D eigenvalue weighted by Gasteiger charge is 2.20. The normalized spacial score (nSPS) is 14.2. The number of anilines is 2. The average Bonchev–Trinajstić information content (AvgIpc) is 2.68. The molecule has 2 heterocycles. The average molecular weight is 353 g/mol. The summed E-state index contributed by atoms with van der Waals surface area (Å²) < 4.78 is 0. The van der Waals surface area contributed by atoms with Gasteiger partial charge in [0.05, 0.1) is 0 Å². The van der Waals surface area contributed by atoms with Crippen molar-refractivity contribution in [3.05, 3.63) is 47.7 Å². The van der Waals surface area contributed by atoms with Crippen molar-refractivity contribution in [3.63, 3.8) is 0 Å². The Morgan fingerprint density at radius 3 is 2.38 bits per heavy atom. The zero-order chi connectivity index (χ0) is 18.5. The van der Waals surface area contributed by atoms with Crippen molar-refractivity contribution in [1.29, 1.82) is 0 Å². The summed E-state index contributed by atoms with van der Waals surface area (Å²) in [7, 11) is 0. The Balaban J connectivity index is 1.64. The van der Waals surface area contributed by atoms with Crippen LogP contribution in [0.2, 0.25) is 0 Å². The molecule has 26 heavy (non-hydrogen) atoms. The summed E-state index contributed by atoms with van der Waals surface area (Å²) >= 11 is 0. The molecule has 1 fully saturated rings. The molecule has 1 N–H and O–H groups in total. The van der Waals surface area contributed by atoms with Gasteiger partial charge in [-0.3, -0.25) is 9.59 Å². The molecule has 0 unspecified atom stereocenters. The molecule has 0 aliphatic carbocycles. The van der Waals surface area contributed by atoms with Crippen LogP contribution in [0.25, 0.3) is 0 Å². The molecule has 1 saturated heterocycles. The van der Waals surface area contributed by atoms with Crippen LogP contribution in [-0.4, -0.2) is 53.1 Å². The summed E-state index contributed by atoms with van der Waals surface area (Å²) in [6.07, 6.45) is 0.841. The summed E-state index contributed by atoms with van der Waals surface area (Å²) in [5, 5.41) is 11.2. The molecule has 1 aromatic carbocycles. The van der Waals surface area contributed by atoms with Crippen molar-refractivity contribution in [2.75, 3.05) is 36.4 Å². The number of rotatable bonds is 4. The Morgan fingerprint density at radius 1 is 1.04 bits per heavy atom. The fourth-order valence-corrected chi connectivity index (χ4v) is 3.00. The molecule has 0 bridgehead atoms. The first-order chi connectivity index (χ1) is 12.6. The second-order valence-corrected chi connectivity index (χ2v) is 6.23. The maximum atomic E-state index is 12.4. The van der Waals surface area contributed by atoms with E-state index in [4.69, 9.17) is 0 Å². The SMILES string of the molecule is CCc1ccccc1NC(=O)c1ccc(N2CCN(C(C)=O)CC2)nn1. The van der Waals surface area contributed by atoms with E-state index in [2.05, 4.69) is 20.4 Å². The van der Waals surface area contributed by atoms with Gasteiger partial charge in [0.25, 0.3) is 5.91 Å². The van der Waals surface area contributed by atoms with Gasteiger partial charge in [0, 0.05) is 38.8 Å². The Hall–Kier alpha value is -2.96. The summed E-state index contributed by atoms with van der Waals surface area (Å²) in [6.45, 7) is 6.40. The molecule has 2 amide bonds. The molecule has 136 valence electrons. The van der Waals surface area contributed by atoms with Gasteiger partial charge < -0.3 is 15.1 Å². The Labute approximate surface area is 153 Å². The Kier molecular flexibility index (Phi) is 5.46. The molecular formula is C19H23N5O2. The molecule has 0 spiro atoms. The van der Waals surface area contributed by atoms with E-state index >= 15 is 0 Å². The van der Waals surface area contributed by atoms with E-state index in [9.17, 15) is 9.59 Å². The van der Waals surface area contributed by atoms with E-state index in [-0.39, 0.29) is 17.5 Å². The summed E-state index contributed by atoms with van der Waals surface area (Å²) in [6, 6.07) is 11.2. The number of hydrogen-bond acceptors (Lipinski definition) is 5. The van der Waals surface area contributed by atoms with E-state index in [1.807, 2.05) is 36.1 Å². The minimum atomic E-state index is -0.272. The molecule has 1 aromatic heterocycles. The van der Waals surface area contributed by atoms with Crippen LogP contribution < -0.4 is 10.2 Å². The topological polar surface area (TPSA) is 78.4 Å². The highest BCUT2D eigenvalue weighted by atomic mass is 16.2. The summed E-state index contributed by atoms with van der Waals surface area (Å²) in [4.78, 5) is 27.7. The number of benzene rings is 1. The number of carbonyl (C=O) groups is 2. The largest absolute Gasteiger partial charge is 0.352 e. The quantitative estimate of drug-likeness (QED) is 0.909. The van der Waals surface area contributed by atoms with Gasteiger partial charge in [0.1, 0.15) is 0 Å². The zero-order valence-electron chi connectivity index (χ0n) is 15.1. The maximum Gasteiger partial charge on any atom is 0.276 e. The first kappa shape index (κ1) is 17.8. The van der Waals surface area contributed by atoms with Crippen molar-refractivity contribution in [2.24, 2.45) is 0 Å². The van der Waals surface area contributed by atoms with Gasteiger partial charge in [-0.2, -0.15) is 0 Å². The van der Waals surface area contributed by atoms with Crippen LogP contribution >= 0.6 is 0 Å². The molecule has 3 rings (SSSR count). The molecule has 2 aromatic rings. The van der Waals surface area contributed by atoms with Crippen molar-refractivity contribution in [2.45, 2.75) is 20.3 Å². The van der Waals surface area contributed by atoms with Gasteiger partial charge in [0.15, 0.2) is 11.5 Å². The number of nitrogens with zero attached hydrogens (tertiary/aromatic N) is 4. The third-order valence-electron chi connectivity index (χ3n) is 4.58. The van der Waals surface area contributed by atoms with Crippen molar-refractivity contribution in [1.82, 2.24) is 15.1 Å². The second kappa shape index (κ2) is 7.95. The lowest BCUT2D eigenvalue weighted by atomic mass is 10.1. The number of aryl methyl sites for hydroxylation is 1. The lowest BCUT2D eigenvalue weighted by molar-refractivity contribution is -0.129. The van der Waals surface area contributed by atoms with E-state index in [1.165, 1.54) is 0 Å². The molecule has 1 aliphatic heterocycles. The first-order valence-electron chi connectivity index (χ1n) is 8.82. The van der Waals surface area contributed by atoms with Crippen molar-refractivity contribution >= 4 is 23.3 Å². The van der Waals surface area contributed by atoms with Crippen molar-refractivity contribution < 1.29 is 9.59 Å². The first-order valence-corrected chi connectivity index (χ1v) is 8.82. The number of piperazine rings is 1. The van der Waals surface area contributed by atoms with Crippen LogP contribution in [0, 0.1) is 0 Å². The smallest absolute Gasteiger partial charge is 0.276 e. The second-order valence-electron chi connectivity index (χ2n) is 6.23. The van der Waals surface area contributed by atoms with Crippen LogP contribution in [0.1, 0.15) is 29.9 Å². The van der Waals surface area contributed by atoms with Crippen LogP contribution in [0.5, 0.6) is 0 Å². The maximum absolute atomic E-state index is 12.4. The number of carbonyl (C=O) groups excluding carboxylic acids is 2. The van der Waals surface area contributed by atoms with Gasteiger partial charge in [-0.1, -0.05) is 25.1 Å². The third kappa shape index (κ3) is 3.99. The zero-order valence-corrected chi connectivity index (χ0v) is 15.1. The predicted octanol–water partition coefficient (Wildman–Crippen LogP) is 1.96. The number of para-hydroxylation sites is 1. The van der Waals surface area contributed by atoms with Gasteiger partial charge in [-0.25, -0.2) is 0 Å². The third-order valence-corrected chi connectivity index (χ3v) is 4.58.